The molecule has 5 heteroatoms. The summed E-state index contributed by atoms with van der Waals surface area (Å²) in [5.74, 6) is 1.06. The zero-order valence-corrected chi connectivity index (χ0v) is 27.8. The summed E-state index contributed by atoms with van der Waals surface area (Å²) in [6, 6.07) is 18.7. The number of phenolic OH excluding ortho intramolecular Hbond substituents is 5. The lowest BCUT2D eigenvalue weighted by Crippen LogP contribution is -2.07. The van der Waals surface area contributed by atoms with Gasteiger partial charge in [0, 0.05) is 36.0 Å². The van der Waals surface area contributed by atoms with Gasteiger partial charge < -0.3 is 25.5 Å². The first-order valence-electron chi connectivity index (χ1n) is 15.7. The van der Waals surface area contributed by atoms with Gasteiger partial charge in [-0.25, -0.2) is 0 Å². The highest BCUT2D eigenvalue weighted by molar-refractivity contribution is 5.58. The van der Waals surface area contributed by atoms with Crippen LogP contribution in [0.3, 0.4) is 0 Å². The largest absolute Gasteiger partial charge is 0.508 e. The first-order valence-corrected chi connectivity index (χ1v) is 15.7. The molecule has 0 spiro atoms. The Morgan fingerprint density at radius 3 is 1.22 bits per heavy atom. The summed E-state index contributed by atoms with van der Waals surface area (Å²) in [6.07, 6.45) is 1.80. The minimum absolute atomic E-state index is 0.197. The van der Waals surface area contributed by atoms with Crippen LogP contribution in [0.15, 0.2) is 60.7 Å². The second-order valence-corrected chi connectivity index (χ2v) is 12.9. The molecule has 5 aromatic rings. The molecule has 0 aliphatic rings. The Balaban J connectivity index is 1.56. The molecular formula is C41H44O5. The maximum atomic E-state index is 11.3. The van der Waals surface area contributed by atoms with Crippen molar-refractivity contribution < 1.29 is 25.5 Å². The van der Waals surface area contributed by atoms with E-state index in [0.717, 1.165) is 83.5 Å². The highest BCUT2D eigenvalue weighted by atomic mass is 16.3. The zero-order chi connectivity index (χ0) is 33.4. The molecule has 0 unspecified atom stereocenters. The van der Waals surface area contributed by atoms with Gasteiger partial charge in [-0.1, -0.05) is 53.6 Å². The van der Waals surface area contributed by atoms with E-state index in [-0.39, 0.29) is 28.7 Å². The molecule has 0 bridgehead atoms. The van der Waals surface area contributed by atoms with Crippen LogP contribution in [-0.2, 0) is 25.7 Å². The molecule has 0 saturated carbocycles. The molecule has 5 nitrogen and oxygen atoms in total. The van der Waals surface area contributed by atoms with E-state index in [4.69, 9.17) is 0 Å². The fraction of sp³-hybridized carbons (Fsp3) is 0.268. The van der Waals surface area contributed by atoms with E-state index < -0.39 is 0 Å². The monoisotopic (exact) mass is 616 g/mol. The van der Waals surface area contributed by atoms with E-state index in [0.29, 0.717) is 25.7 Å². The van der Waals surface area contributed by atoms with Crippen LogP contribution in [0, 0.1) is 48.5 Å². The van der Waals surface area contributed by atoms with Crippen molar-refractivity contribution in [3.05, 3.63) is 144 Å². The van der Waals surface area contributed by atoms with Crippen LogP contribution in [0.1, 0.15) is 83.5 Å². The predicted octanol–water partition coefficient (Wildman–Crippen LogP) is 8.74. The normalized spacial score (nSPS) is 11.3. The molecule has 5 aromatic carbocycles. The van der Waals surface area contributed by atoms with Gasteiger partial charge in [0.15, 0.2) is 0 Å². The van der Waals surface area contributed by atoms with Crippen molar-refractivity contribution in [1.82, 2.24) is 0 Å². The van der Waals surface area contributed by atoms with Gasteiger partial charge in [-0.15, -0.1) is 0 Å². The highest BCUT2D eigenvalue weighted by Gasteiger charge is 2.21. The summed E-state index contributed by atoms with van der Waals surface area (Å²) >= 11 is 0. The van der Waals surface area contributed by atoms with Gasteiger partial charge in [-0.2, -0.15) is 0 Å². The Bertz CT molecular complexity index is 1830. The third kappa shape index (κ3) is 6.41. The standard InChI is InChI=1S/C41H44O5/c1-22-8-11-37(42)31(14-22)20-34-27(6)29(16-25(4)40(34)45)18-33-24(3)10-13-39(44)36(33)19-30-17-26(5)41(46)35(28(30)7)21-32-15-23(2)9-12-38(32)43/h8-17,42-46H,18-21H2,1-7H3. The summed E-state index contributed by atoms with van der Waals surface area (Å²) in [5.41, 5.74) is 13.4. The molecule has 0 aliphatic carbocycles. The maximum absolute atomic E-state index is 11.3. The molecule has 0 aliphatic heterocycles. The van der Waals surface area contributed by atoms with Crippen molar-refractivity contribution >= 4 is 0 Å². The number of benzene rings is 5. The minimum atomic E-state index is 0.197. The van der Waals surface area contributed by atoms with Gasteiger partial charge in [0.2, 0.25) is 0 Å². The van der Waals surface area contributed by atoms with Crippen LogP contribution in [0.4, 0.5) is 0 Å². The summed E-state index contributed by atoms with van der Waals surface area (Å²) in [5, 5.41) is 54.6. The molecular weight excluding hydrogens is 572 g/mol. The lowest BCUT2D eigenvalue weighted by molar-refractivity contribution is 0.458. The van der Waals surface area contributed by atoms with Gasteiger partial charge >= 0.3 is 0 Å². The summed E-state index contributed by atoms with van der Waals surface area (Å²) in [6.45, 7) is 13.8. The zero-order valence-electron chi connectivity index (χ0n) is 27.8. The summed E-state index contributed by atoms with van der Waals surface area (Å²) in [7, 11) is 0. The van der Waals surface area contributed by atoms with Crippen molar-refractivity contribution in [3.8, 4) is 28.7 Å². The molecule has 0 saturated heterocycles. The molecule has 0 radical (unpaired) electrons. The van der Waals surface area contributed by atoms with Crippen LogP contribution in [0.2, 0.25) is 0 Å². The molecule has 0 amide bonds. The lowest BCUT2D eigenvalue weighted by atomic mass is 9.85. The van der Waals surface area contributed by atoms with Crippen LogP contribution in [-0.4, -0.2) is 25.5 Å². The van der Waals surface area contributed by atoms with Gasteiger partial charge in [-0.05, 0) is 129 Å². The van der Waals surface area contributed by atoms with E-state index >= 15 is 0 Å². The van der Waals surface area contributed by atoms with Crippen LogP contribution in [0.5, 0.6) is 28.7 Å². The third-order valence-corrected chi connectivity index (χ3v) is 9.55. The van der Waals surface area contributed by atoms with Crippen molar-refractivity contribution in [3.63, 3.8) is 0 Å². The molecule has 0 atom stereocenters. The number of hydrogen-bond donors (Lipinski definition) is 5. The van der Waals surface area contributed by atoms with Gasteiger partial charge in [0.05, 0.1) is 0 Å². The van der Waals surface area contributed by atoms with Crippen LogP contribution < -0.4 is 0 Å². The molecule has 0 fully saturated rings. The Morgan fingerprint density at radius 2 is 0.761 bits per heavy atom. The van der Waals surface area contributed by atoms with Crippen LogP contribution >= 0.6 is 0 Å². The number of rotatable bonds is 8. The van der Waals surface area contributed by atoms with E-state index in [9.17, 15) is 25.5 Å². The Kier molecular flexibility index (Phi) is 9.07. The molecule has 5 rings (SSSR count). The van der Waals surface area contributed by atoms with Gasteiger partial charge in [-0.3, -0.25) is 0 Å². The summed E-state index contributed by atoms with van der Waals surface area (Å²) in [4.78, 5) is 0. The van der Waals surface area contributed by atoms with E-state index in [2.05, 4.69) is 0 Å². The maximum Gasteiger partial charge on any atom is 0.122 e. The SMILES string of the molecule is Cc1ccc(O)c(Cc2c(C)c(Cc3c(C)ccc(O)c3Cc3cc(C)c(O)c(Cc4cc(C)ccc4O)c3C)cc(C)c2O)c1. The second-order valence-electron chi connectivity index (χ2n) is 12.9. The fourth-order valence-corrected chi connectivity index (χ4v) is 6.61. The lowest BCUT2D eigenvalue weighted by Gasteiger charge is -2.21. The van der Waals surface area contributed by atoms with Crippen molar-refractivity contribution in [2.45, 2.75) is 74.1 Å². The van der Waals surface area contributed by atoms with Crippen LogP contribution in [0.25, 0.3) is 0 Å². The topological polar surface area (TPSA) is 101 Å². The van der Waals surface area contributed by atoms with Crippen molar-refractivity contribution in [1.29, 1.82) is 0 Å². The van der Waals surface area contributed by atoms with E-state index in [1.165, 1.54) is 0 Å². The molecule has 5 N–H and O–H groups in total. The number of hydrogen-bond acceptors (Lipinski definition) is 5. The first-order chi connectivity index (χ1) is 21.7. The minimum Gasteiger partial charge on any atom is -0.508 e. The Labute approximate surface area is 272 Å². The first kappa shape index (κ1) is 32.5. The van der Waals surface area contributed by atoms with Gasteiger partial charge in [0.1, 0.15) is 28.7 Å². The highest BCUT2D eigenvalue weighted by Crippen LogP contribution is 2.38. The predicted molar refractivity (Wildman–Crippen MR) is 185 cm³/mol. The fourth-order valence-electron chi connectivity index (χ4n) is 6.61. The number of phenols is 5. The van der Waals surface area contributed by atoms with E-state index in [1.807, 2.05) is 90.9 Å². The Hall–Kier alpha value is -4.90. The smallest absolute Gasteiger partial charge is 0.122 e. The average Bonchev–Trinajstić information content (AvgIpc) is 3.01. The molecule has 0 heterocycles. The second kappa shape index (κ2) is 12.8. The number of aryl methyl sites for hydroxylation is 5. The molecule has 0 aromatic heterocycles. The third-order valence-electron chi connectivity index (χ3n) is 9.55. The van der Waals surface area contributed by atoms with Gasteiger partial charge in [0.25, 0.3) is 0 Å². The van der Waals surface area contributed by atoms with Crippen molar-refractivity contribution in [2.75, 3.05) is 0 Å². The van der Waals surface area contributed by atoms with E-state index in [1.54, 1.807) is 18.2 Å². The Morgan fingerprint density at radius 1 is 0.370 bits per heavy atom. The molecule has 238 valence electrons. The molecule has 46 heavy (non-hydrogen) atoms. The number of aromatic hydroxyl groups is 5. The van der Waals surface area contributed by atoms with Crippen molar-refractivity contribution in [2.24, 2.45) is 0 Å². The average molecular weight is 617 g/mol. The quantitative estimate of drug-likeness (QED) is 0.120. The summed E-state index contributed by atoms with van der Waals surface area (Å²) < 4.78 is 0.